The maximum Gasteiger partial charge on any atom is 0.231 e. The minimum Gasteiger partial charge on any atom is -0.489 e. The number of aromatic nitrogens is 1. The summed E-state index contributed by atoms with van der Waals surface area (Å²) >= 11 is 0. The van der Waals surface area contributed by atoms with Gasteiger partial charge in [-0.3, -0.25) is 4.79 Å². The second kappa shape index (κ2) is 7.50. The molecule has 0 fully saturated rings. The molecule has 3 aromatic rings. The van der Waals surface area contributed by atoms with Crippen LogP contribution in [0.4, 0.5) is 5.69 Å². The minimum absolute atomic E-state index is 0.127. The lowest BCUT2D eigenvalue weighted by Crippen LogP contribution is -2.36. The van der Waals surface area contributed by atoms with Gasteiger partial charge in [0.2, 0.25) is 5.91 Å². The Morgan fingerprint density at radius 1 is 1.18 bits per heavy atom. The van der Waals surface area contributed by atoms with Crippen molar-refractivity contribution in [2.24, 2.45) is 0 Å². The molecule has 5 heteroatoms. The third-order valence-electron chi connectivity index (χ3n) is 5.32. The SMILES string of the molecule is Cc1noc(C)c1COc1ccc(CC(=O)N2c3ccccc3CC2C)cc1. The van der Waals surface area contributed by atoms with Gasteiger partial charge < -0.3 is 14.2 Å². The molecule has 0 saturated heterocycles. The highest BCUT2D eigenvalue weighted by atomic mass is 16.5. The predicted octanol–water partition coefficient (Wildman–Crippen LogP) is 4.39. The normalized spacial score (nSPS) is 15.5. The molecule has 28 heavy (non-hydrogen) atoms. The van der Waals surface area contributed by atoms with Crippen LogP contribution < -0.4 is 9.64 Å². The highest BCUT2D eigenvalue weighted by Gasteiger charge is 2.30. The van der Waals surface area contributed by atoms with Crippen molar-refractivity contribution in [1.29, 1.82) is 0 Å². The summed E-state index contributed by atoms with van der Waals surface area (Å²) in [6, 6.07) is 16.1. The van der Waals surface area contributed by atoms with E-state index in [2.05, 4.69) is 18.1 Å². The Labute approximate surface area is 164 Å². The number of amides is 1. The third kappa shape index (κ3) is 3.52. The second-order valence-corrected chi connectivity index (χ2v) is 7.36. The van der Waals surface area contributed by atoms with E-state index in [1.165, 1.54) is 5.56 Å². The number of para-hydroxylation sites is 1. The number of benzene rings is 2. The first-order valence-electron chi connectivity index (χ1n) is 9.56. The summed E-state index contributed by atoms with van der Waals surface area (Å²) < 4.78 is 11.0. The van der Waals surface area contributed by atoms with Crippen LogP contribution >= 0.6 is 0 Å². The van der Waals surface area contributed by atoms with Gasteiger partial charge in [-0.15, -0.1) is 0 Å². The fraction of sp³-hybridized carbons (Fsp3) is 0.304. The zero-order valence-corrected chi connectivity index (χ0v) is 16.4. The van der Waals surface area contributed by atoms with Crippen LogP contribution in [-0.2, 0) is 24.2 Å². The number of aryl methyl sites for hydroxylation is 2. The van der Waals surface area contributed by atoms with E-state index in [0.717, 1.165) is 40.4 Å². The molecule has 144 valence electrons. The van der Waals surface area contributed by atoms with Gasteiger partial charge in [-0.1, -0.05) is 35.5 Å². The van der Waals surface area contributed by atoms with E-state index in [1.807, 2.05) is 61.2 Å². The molecule has 0 spiro atoms. The molecule has 1 unspecified atom stereocenters. The molecule has 1 aliphatic rings. The number of carbonyl (C=O) groups is 1. The number of hydrogen-bond acceptors (Lipinski definition) is 4. The third-order valence-corrected chi connectivity index (χ3v) is 5.32. The van der Waals surface area contributed by atoms with E-state index in [9.17, 15) is 4.79 Å². The van der Waals surface area contributed by atoms with E-state index >= 15 is 0 Å². The standard InChI is InChI=1S/C23H24N2O3/c1-15-12-19-6-4-5-7-22(19)25(15)23(26)13-18-8-10-20(11-9-18)27-14-21-16(2)24-28-17(21)3/h4-11,15H,12-14H2,1-3H3. The molecule has 1 aliphatic heterocycles. The van der Waals surface area contributed by atoms with Gasteiger partial charge in [0.1, 0.15) is 18.1 Å². The average Bonchev–Trinajstić information content (AvgIpc) is 3.19. The maximum atomic E-state index is 12.9. The molecular formula is C23H24N2O3. The summed E-state index contributed by atoms with van der Waals surface area (Å²) in [4.78, 5) is 14.8. The molecule has 1 amide bonds. The van der Waals surface area contributed by atoms with Crippen LogP contribution in [0.5, 0.6) is 5.75 Å². The fourth-order valence-electron chi connectivity index (χ4n) is 3.77. The van der Waals surface area contributed by atoms with Crippen LogP contribution in [-0.4, -0.2) is 17.1 Å². The summed E-state index contributed by atoms with van der Waals surface area (Å²) in [5.74, 6) is 1.66. The van der Waals surface area contributed by atoms with Gasteiger partial charge in [0.25, 0.3) is 0 Å². The first kappa shape index (κ1) is 18.3. The van der Waals surface area contributed by atoms with Crippen molar-refractivity contribution in [1.82, 2.24) is 5.16 Å². The topological polar surface area (TPSA) is 55.6 Å². The van der Waals surface area contributed by atoms with Crippen LogP contribution in [0, 0.1) is 13.8 Å². The van der Waals surface area contributed by atoms with Crippen molar-refractivity contribution in [3.05, 3.63) is 76.7 Å². The van der Waals surface area contributed by atoms with Crippen molar-refractivity contribution in [3.8, 4) is 5.75 Å². The molecular weight excluding hydrogens is 352 g/mol. The Hall–Kier alpha value is -3.08. The van der Waals surface area contributed by atoms with Crippen LogP contribution in [0.15, 0.2) is 53.1 Å². The highest BCUT2D eigenvalue weighted by Crippen LogP contribution is 2.32. The lowest BCUT2D eigenvalue weighted by Gasteiger charge is -2.23. The molecule has 0 radical (unpaired) electrons. The van der Waals surface area contributed by atoms with Crippen molar-refractivity contribution >= 4 is 11.6 Å². The fourth-order valence-corrected chi connectivity index (χ4v) is 3.77. The number of anilines is 1. The molecule has 0 bridgehead atoms. The quantitative estimate of drug-likeness (QED) is 0.663. The largest absolute Gasteiger partial charge is 0.489 e. The number of hydrogen-bond donors (Lipinski definition) is 0. The number of rotatable bonds is 5. The van der Waals surface area contributed by atoms with Crippen LogP contribution in [0.2, 0.25) is 0 Å². The van der Waals surface area contributed by atoms with E-state index in [1.54, 1.807) is 0 Å². The Kier molecular flexibility index (Phi) is 4.90. The molecule has 0 saturated carbocycles. The summed E-state index contributed by atoms with van der Waals surface area (Å²) in [7, 11) is 0. The molecule has 1 aromatic heterocycles. The monoisotopic (exact) mass is 376 g/mol. The van der Waals surface area contributed by atoms with Crippen LogP contribution in [0.1, 0.15) is 35.1 Å². The highest BCUT2D eigenvalue weighted by molar-refractivity contribution is 5.97. The zero-order chi connectivity index (χ0) is 19.7. The zero-order valence-electron chi connectivity index (χ0n) is 16.4. The Morgan fingerprint density at radius 2 is 1.93 bits per heavy atom. The minimum atomic E-state index is 0.127. The van der Waals surface area contributed by atoms with Crippen molar-refractivity contribution in [3.63, 3.8) is 0 Å². The molecule has 0 N–H and O–H groups in total. The maximum absolute atomic E-state index is 12.9. The van der Waals surface area contributed by atoms with Gasteiger partial charge in [0, 0.05) is 11.7 Å². The number of carbonyl (C=O) groups excluding carboxylic acids is 1. The Morgan fingerprint density at radius 3 is 2.64 bits per heavy atom. The summed E-state index contributed by atoms with van der Waals surface area (Å²) in [5, 5.41) is 3.94. The molecule has 2 heterocycles. The van der Waals surface area contributed by atoms with Crippen LogP contribution in [0.3, 0.4) is 0 Å². The summed E-state index contributed by atoms with van der Waals surface area (Å²) in [6.07, 6.45) is 1.29. The lowest BCUT2D eigenvalue weighted by molar-refractivity contribution is -0.118. The van der Waals surface area contributed by atoms with Gasteiger partial charge in [-0.05, 0) is 56.5 Å². The number of nitrogens with zero attached hydrogens (tertiary/aromatic N) is 2. The van der Waals surface area contributed by atoms with E-state index in [4.69, 9.17) is 9.26 Å². The van der Waals surface area contributed by atoms with E-state index < -0.39 is 0 Å². The predicted molar refractivity (Wildman–Crippen MR) is 108 cm³/mol. The summed E-state index contributed by atoms with van der Waals surface area (Å²) in [5.41, 5.74) is 5.08. The van der Waals surface area contributed by atoms with Gasteiger partial charge in [0.05, 0.1) is 17.7 Å². The van der Waals surface area contributed by atoms with Crippen molar-refractivity contribution < 1.29 is 14.1 Å². The van der Waals surface area contributed by atoms with Gasteiger partial charge in [0.15, 0.2) is 0 Å². The molecule has 1 atom stereocenters. The van der Waals surface area contributed by atoms with Gasteiger partial charge in [-0.25, -0.2) is 0 Å². The van der Waals surface area contributed by atoms with Gasteiger partial charge in [-0.2, -0.15) is 0 Å². The molecule has 4 rings (SSSR count). The smallest absolute Gasteiger partial charge is 0.231 e. The summed E-state index contributed by atoms with van der Waals surface area (Å²) in [6.45, 7) is 6.30. The van der Waals surface area contributed by atoms with Crippen molar-refractivity contribution in [2.75, 3.05) is 4.90 Å². The van der Waals surface area contributed by atoms with E-state index in [-0.39, 0.29) is 11.9 Å². The number of ether oxygens (including phenoxy) is 1. The Balaban J connectivity index is 1.40. The first-order chi connectivity index (χ1) is 13.5. The molecule has 2 aromatic carbocycles. The van der Waals surface area contributed by atoms with Crippen molar-refractivity contribution in [2.45, 2.75) is 46.3 Å². The second-order valence-electron chi connectivity index (χ2n) is 7.36. The average molecular weight is 376 g/mol. The van der Waals surface area contributed by atoms with Gasteiger partial charge >= 0.3 is 0 Å². The van der Waals surface area contributed by atoms with Crippen LogP contribution in [0.25, 0.3) is 0 Å². The first-order valence-corrected chi connectivity index (χ1v) is 9.56. The lowest BCUT2D eigenvalue weighted by atomic mass is 10.1. The number of fused-ring (bicyclic) bond motifs is 1. The van der Waals surface area contributed by atoms with E-state index in [0.29, 0.717) is 13.0 Å². The molecule has 0 aliphatic carbocycles. The molecule has 5 nitrogen and oxygen atoms in total. The Bertz CT molecular complexity index is 972.